The molecule has 0 spiro atoms. The van der Waals surface area contributed by atoms with E-state index in [0.717, 1.165) is 67.7 Å². The highest BCUT2D eigenvalue weighted by Gasteiger charge is 2.22. The zero-order valence-electron chi connectivity index (χ0n) is 12.5. The Morgan fingerprint density at radius 1 is 1.24 bits per heavy atom. The topological polar surface area (TPSA) is 33.7 Å². The molecule has 0 amide bonds. The molecule has 1 saturated carbocycles. The summed E-state index contributed by atoms with van der Waals surface area (Å²) in [5.41, 5.74) is 1.12. The van der Waals surface area contributed by atoms with Gasteiger partial charge in [0.05, 0.1) is 13.2 Å². The molecule has 0 atom stereocenters. The summed E-state index contributed by atoms with van der Waals surface area (Å²) in [7, 11) is 1.66. The molecule has 2 aliphatic rings. The maximum atomic E-state index is 6.41. The number of benzene rings is 1. The summed E-state index contributed by atoms with van der Waals surface area (Å²) in [4.78, 5) is 2.41. The number of nitrogens with zero attached hydrogens (tertiary/aromatic N) is 1. The highest BCUT2D eigenvalue weighted by atomic mass is 35.5. The first-order valence-electron chi connectivity index (χ1n) is 7.72. The third-order valence-corrected chi connectivity index (χ3v) is 4.63. The van der Waals surface area contributed by atoms with Gasteiger partial charge in [-0.15, -0.1) is 0 Å². The van der Waals surface area contributed by atoms with E-state index in [9.17, 15) is 0 Å². The van der Waals surface area contributed by atoms with Gasteiger partial charge >= 0.3 is 0 Å². The third-order valence-electron chi connectivity index (χ3n) is 4.28. The molecule has 21 heavy (non-hydrogen) atoms. The van der Waals surface area contributed by atoms with Crippen LogP contribution < -0.4 is 14.8 Å². The van der Waals surface area contributed by atoms with Crippen LogP contribution in [-0.4, -0.2) is 44.3 Å². The van der Waals surface area contributed by atoms with Gasteiger partial charge in [-0.1, -0.05) is 11.6 Å². The maximum Gasteiger partial charge on any atom is 0.162 e. The van der Waals surface area contributed by atoms with E-state index in [-0.39, 0.29) is 0 Å². The van der Waals surface area contributed by atoms with Crippen LogP contribution in [0.5, 0.6) is 11.5 Å². The predicted molar refractivity (Wildman–Crippen MR) is 84.4 cm³/mol. The monoisotopic (exact) mass is 310 g/mol. The summed E-state index contributed by atoms with van der Waals surface area (Å²) < 4.78 is 11.5. The van der Waals surface area contributed by atoms with Gasteiger partial charge in [-0.2, -0.15) is 0 Å². The molecule has 1 aromatic rings. The lowest BCUT2D eigenvalue weighted by atomic mass is 9.96. The van der Waals surface area contributed by atoms with Gasteiger partial charge in [-0.3, -0.25) is 4.90 Å². The predicted octanol–water partition coefficient (Wildman–Crippen LogP) is 2.69. The lowest BCUT2D eigenvalue weighted by Gasteiger charge is -2.29. The Morgan fingerprint density at radius 3 is 2.62 bits per heavy atom. The molecular formula is C16H23ClN2O2. The molecule has 1 aliphatic heterocycles. The minimum atomic E-state index is 0.340. The van der Waals surface area contributed by atoms with E-state index >= 15 is 0 Å². The number of hydrogen-bond acceptors (Lipinski definition) is 4. The minimum absolute atomic E-state index is 0.340. The Morgan fingerprint density at radius 2 is 2.00 bits per heavy atom. The molecule has 116 valence electrons. The van der Waals surface area contributed by atoms with Crippen molar-refractivity contribution in [1.82, 2.24) is 10.2 Å². The van der Waals surface area contributed by atoms with Crippen molar-refractivity contribution in [2.45, 2.75) is 31.9 Å². The molecule has 1 aromatic carbocycles. The number of rotatable bonds is 5. The molecule has 1 heterocycles. The van der Waals surface area contributed by atoms with Gasteiger partial charge in [0, 0.05) is 43.8 Å². The molecule has 1 saturated heterocycles. The standard InChI is InChI=1S/C16H23ClN2O2/c1-20-15-10-14(17)12(11-19-7-5-18-6-8-19)9-16(15)21-13-3-2-4-13/h9-10,13,18H,2-8,11H2,1H3. The van der Waals surface area contributed by atoms with Crippen LogP contribution in [0, 0.1) is 0 Å². The lowest BCUT2D eigenvalue weighted by Crippen LogP contribution is -2.42. The number of nitrogens with one attached hydrogen (secondary N) is 1. The summed E-state index contributed by atoms with van der Waals surface area (Å²) in [6.07, 6.45) is 3.87. The quantitative estimate of drug-likeness (QED) is 0.906. The summed E-state index contributed by atoms with van der Waals surface area (Å²) in [6, 6.07) is 3.94. The number of methoxy groups -OCH3 is 1. The minimum Gasteiger partial charge on any atom is -0.493 e. The van der Waals surface area contributed by atoms with E-state index in [0.29, 0.717) is 6.10 Å². The van der Waals surface area contributed by atoms with Crippen LogP contribution in [0.3, 0.4) is 0 Å². The van der Waals surface area contributed by atoms with Crippen molar-refractivity contribution in [3.8, 4) is 11.5 Å². The first kappa shape index (κ1) is 14.9. The smallest absolute Gasteiger partial charge is 0.162 e. The molecule has 0 aromatic heterocycles. The Bertz CT molecular complexity index is 485. The van der Waals surface area contributed by atoms with Crippen molar-refractivity contribution in [1.29, 1.82) is 0 Å². The first-order valence-corrected chi connectivity index (χ1v) is 8.10. The fraction of sp³-hybridized carbons (Fsp3) is 0.625. The van der Waals surface area contributed by atoms with Crippen molar-refractivity contribution < 1.29 is 9.47 Å². The number of ether oxygens (including phenoxy) is 2. The van der Waals surface area contributed by atoms with E-state index in [1.807, 2.05) is 6.07 Å². The lowest BCUT2D eigenvalue weighted by molar-refractivity contribution is 0.116. The van der Waals surface area contributed by atoms with Gasteiger partial charge in [0.2, 0.25) is 0 Å². The van der Waals surface area contributed by atoms with Gasteiger partial charge in [0.1, 0.15) is 0 Å². The van der Waals surface area contributed by atoms with Crippen LogP contribution in [0.1, 0.15) is 24.8 Å². The number of piperazine rings is 1. The molecule has 1 N–H and O–H groups in total. The molecule has 3 rings (SSSR count). The number of halogens is 1. The third kappa shape index (κ3) is 3.62. The van der Waals surface area contributed by atoms with Crippen molar-refractivity contribution in [2.24, 2.45) is 0 Å². The van der Waals surface area contributed by atoms with Gasteiger partial charge in [-0.25, -0.2) is 0 Å². The van der Waals surface area contributed by atoms with Gasteiger partial charge in [0.25, 0.3) is 0 Å². The highest BCUT2D eigenvalue weighted by Crippen LogP contribution is 2.36. The van der Waals surface area contributed by atoms with Crippen molar-refractivity contribution in [2.75, 3.05) is 33.3 Å². The van der Waals surface area contributed by atoms with Crippen LogP contribution in [0.2, 0.25) is 5.02 Å². The molecule has 4 nitrogen and oxygen atoms in total. The zero-order chi connectivity index (χ0) is 14.7. The Kier molecular flexibility index (Phi) is 4.88. The molecular weight excluding hydrogens is 288 g/mol. The fourth-order valence-corrected chi connectivity index (χ4v) is 2.94. The Balaban J connectivity index is 1.76. The van der Waals surface area contributed by atoms with E-state index in [4.69, 9.17) is 21.1 Å². The van der Waals surface area contributed by atoms with Crippen molar-refractivity contribution in [3.63, 3.8) is 0 Å². The Hall–Kier alpha value is -0.970. The fourth-order valence-electron chi connectivity index (χ4n) is 2.73. The van der Waals surface area contributed by atoms with E-state index in [1.54, 1.807) is 7.11 Å². The second-order valence-corrected chi connectivity index (χ2v) is 6.20. The SMILES string of the molecule is COc1cc(Cl)c(CN2CCNCC2)cc1OC1CCC1. The summed E-state index contributed by atoms with van der Waals surface area (Å²) in [6.45, 7) is 5.06. The molecule has 0 bridgehead atoms. The molecule has 0 unspecified atom stereocenters. The molecule has 2 fully saturated rings. The number of hydrogen-bond donors (Lipinski definition) is 1. The van der Waals surface area contributed by atoms with E-state index in [2.05, 4.69) is 16.3 Å². The van der Waals surface area contributed by atoms with Gasteiger partial charge in [-0.05, 0) is 30.9 Å². The summed E-state index contributed by atoms with van der Waals surface area (Å²) in [5.74, 6) is 1.56. The van der Waals surface area contributed by atoms with E-state index < -0.39 is 0 Å². The molecule has 1 aliphatic carbocycles. The van der Waals surface area contributed by atoms with Gasteiger partial charge < -0.3 is 14.8 Å². The zero-order valence-corrected chi connectivity index (χ0v) is 13.3. The normalized spacial score (nSPS) is 20.1. The average Bonchev–Trinajstić information content (AvgIpc) is 2.46. The van der Waals surface area contributed by atoms with Gasteiger partial charge in [0.15, 0.2) is 11.5 Å². The second kappa shape index (κ2) is 6.86. The van der Waals surface area contributed by atoms with Crippen LogP contribution in [0.25, 0.3) is 0 Å². The molecule has 5 heteroatoms. The van der Waals surface area contributed by atoms with Crippen molar-refractivity contribution >= 4 is 11.6 Å². The Labute approximate surface area is 131 Å². The van der Waals surface area contributed by atoms with Crippen molar-refractivity contribution in [3.05, 3.63) is 22.7 Å². The maximum absolute atomic E-state index is 6.41. The summed E-state index contributed by atoms with van der Waals surface area (Å²) >= 11 is 6.41. The molecule has 0 radical (unpaired) electrons. The van der Waals surface area contributed by atoms with Crippen LogP contribution in [0.4, 0.5) is 0 Å². The van der Waals surface area contributed by atoms with Crippen LogP contribution in [0.15, 0.2) is 12.1 Å². The van der Waals surface area contributed by atoms with Crippen LogP contribution in [-0.2, 0) is 6.54 Å². The average molecular weight is 311 g/mol. The summed E-state index contributed by atoms with van der Waals surface area (Å²) in [5, 5.41) is 4.12. The van der Waals surface area contributed by atoms with Crippen LogP contribution >= 0.6 is 11.6 Å². The first-order chi connectivity index (χ1) is 10.3. The highest BCUT2D eigenvalue weighted by molar-refractivity contribution is 6.31. The largest absolute Gasteiger partial charge is 0.493 e. The second-order valence-electron chi connectivity index (χ2n) is 5.79. The van der Waals surface area contributed by atoms with E-state index in [1.165, 1.54) is 6.42 Å².